The van der Waals surface area contributed by atoms with Crippen LogP contribution in [0.4, 0.5) is 20.2 Å². The molecule has 0 spiro atoms. The van der Waals surface area contributed by atoms with Crippen molar-refractivity contribution in [3.63, 3.8) is 0 Å². The Kier molecular flexibility index (Phi) is 6.96. The van der Waals surface area contributed by atoms with Crippen LogP contribution in [-0.2, 0) is 9.59 Å². The molecule has 1 atom stereocenters. The van der Waals surface area contributed by atoms with Crippen LogP contribution in [-0.4, -0.2) is 29.9 Å². The lowest BCUT2D eigenvalue weighted by Gasteiger charge is -2.28. The molecule has 0 aromatic heterocycles. The first kappa shape index (κ1) is 23.4. The number of anilines is 2. The number of nitrogens with zero attached hydrogens (tertiary/aromatic N) is 2. The van der Waals surface area contributed by atoms with Crippen LogP contribution in [0.15, 0.2) is 53.8 Å². The lowest BCUT2D eigenvalue weighted by molar-refractivity contribution is -0.118. The highest BCUT2D eigenvalue weighted by molar-refractivity contribution is 6.16. The van der Waals surface area contributed by atoms with Gasteiger partial charge < -0.3 is 10.0 Å². The predicted molar refractivity (Wildman–Crippen MR) is 121 cm³/mol. The van der Waals surface area contributed by atoms with Gasteiger partial charge in [0.15, 0.2) is 11.5 Å². The van der Waals surface area contributed by atoms with Crippen molar-refractivity contribution in [2.45, 2.75) is 40.2 Å². The summed E-state index contributed by atoms with van der Waals surface area (Å²) in [5.41, 5.74) is 1.25. The summed E-state index contributed by atoms with van der Waals surface area (Å²) in [4.78, 5) is 29.2. The minimum absolute atomic E-state index is 0.000187. The van der Waals surface area contributed by atoms with Gasteiger partial charge in [-0.3, -0.25) is 14.5 Å². The standard InChI is InChI=1S/C25H28F2N2O3/c1-5-28(6-2)18-10-7-16(8-11-18)23-22(21(30)13-15(3)4)24(31)25(32)29(23)20-12-9-17(26)14-19(20)27/h7-12,14-15,23,31H,5-6,13H2,1-4H3. The normalized spacial score (nSPS) is 16.3. The van der Waals surface area contributed by atoms with Crippen LogP contribution in [0.5, 0.6) is 0 Å². The molecular weight excluding hydrogens is 414 g/mol. The number of carbonyl (C=O) groups is 2. The molecule has 1 heterocycles. The van der Waals surface area contributed by atoms with Crippen molar-refractivity contribution in [3.05, 3.63) is 71.0 Å². The Hall–Kier alpha value is -3.22. The van der Waals surface area contributed by atoms with Crippen molar-refractivity contribution in [3.8, 4) is 0 Å². The molecule has 2 aromatic carbocycles. The first-order chi connectivity index (χ1) is 15.2. The van der Waals surface area contributed by atoms with Gasteiger partial charge >= 0.3 is 0 Å². The van der Waals surface area contributed by atoms with E-state index in [1.165, 1.54) is 0 Å². The minimum Gasteiger partial charge on any atom is -0.503 e. The summed E-state index contributed by atoms with van der Waals surface area (Å²) in [5.74, 6) is -3.70. The number of amides is 1. The quantitative estimate of drug-likeness (QED) is 0.601. The first-order valence-electron chi connectivity index (χ1n) is 10.8. The fraction of sp³-hybridized carbons (Fsp3) is 0.360. The molecule has 170 valence electrons. The van der Waals surface area contributed by atoms with E-state index in [1.54, 1.807) is 12.1 Å². The van der Waals surface area contributed by atoms with Gasteiger partial charge in [-0.25, -0.2) is 8.78 Å². The zero-order chi connectivity index (χ0) is 23.6. The SMILES string of the molecule is CCN(CC)c1ccc(C2C(C(=O)CC(C)C)=C(O)C(=O)N2c2ccc(F)cc2F)cc1. The molecule has 1 aliphatic rings. The number of carbonyl (C=O) groups excluding carboxylic acids is 2. The van der Waals surface area contributed by atoms with E-state index < -0.39 is 29.3 Å². The zero-order valence-electron chi connectivity index (χ0n) is 18.7. The Morgan fingerprint density at radius 1 is 1.09 bits per heavy atom. The van der Waals surface area contributed by atoms with E-state index in [4.69, 9.17) is 0 Å². The third-order valence-electron chi connectivity index (χ3n) is 5.61. The molecule has 32 heavy (non-hydrogen) atoms. The van der Waals surface area contributed by atoms with E-state index >= 15 is 0 Å². The van der Waals surface area contributed by atoms with Gasteiger partial charge in [-0.05, 0) is 49.6 Å². The maximum absolute atomic E-state index is 14.7. The van der Waals surface area contributed by atoms with Crippen LogP contribution >= 0.6 is 0 Å². The van der Waals surface area contributed by atoms with Crippen molar-refractivity contribution in [1.82, 2.24) is 0 Å². The lowest BCUT2D eigenvalue weighted by atomic mass is 9.92. The van der Waals surface area contributed by atoms with Crippen LogP contribution in [0.2, 0.25) is 0 Å². The third kappa shape index (κ3) is 4.38. The highest BCUT2D eigenvalue weighted by Gasteiger charge is 2.45. The number of Topliss-reactive ketones (excluding diaryl/α,β-unsaturated/α-hetero) is 1. The van der Waals surface area contributed by atoms with Crippen molar-refractivity contribution in [2.24, 2.45) is 5.92 Å². The van der Waals surface area contributed by atoms with Gasteiger partial charge in [0.1, 0.15) is 11.6 Å². The number of hydrogen-bond donors (Lipinski definition) is 1. The topological polar surface area (TPSA) is 60.9 Å². The van der Waals surface area contributed by atoms with Crippen LogP contribution in [0.25, 0.3) is 0 Å². The highest BCUT2D eigenvalue weighted by Crippen LogP contribution is 2.42. The Labute approximate surface area is 187 Å². The van der Waals surface area contributed by atoms with E-state index in [1.807, 2.05) is 39.8 Å². The number of hydrogen-bond acceptors (Lipinski definition) is 4. The summed E-state index contributed by atoms with van der Waals surface area (Å²) < 4.78 is 28.2. The Balaban J connectivity index is 2.14. The van der Waals surface area contributed by atoms with Gasteiger partial charge in [0.05, 0.1) is 17.3 Å². The number of halogens is 2. The molecule has 1 unspecified atom stereocenters. The van der Waals surface area contributed by atoms with E-state index in [9.17, 15) is 23.5 Å². The second kappa shape index (κ2) is 9.51. The summed E-state index contributed by atoms with van der Waals surface area (Å²) in [7, 11) is 0. The maximum atomic E-state index is 14.7. The molecular formula is C25H28F2N2O3. The molecule has 0 radical (unpaired) electrons. The second-order valence-electron chi connectivity index (χ2n) is 8.22. The minimum atomic E-state index is -1.01. The van der Waals surface area contributed by atoms with Gasteiger partial charge in [-0.2, -0.15) is 0 Å². The Morgan fingerprint density at radius 2 is 1.72 bits per heavy atom. The van der Waals surface area contributed by atoms with E-state index in [-0.39, 0.29) is 29.4 Å². The van der Waals surface area contributed by atoms with Crippen LogP contribution in [0, 0.1) is 17.6 Å². The van der Waals surface area contributed by atoms with Gasteiger partial charge in [-0.15, -0.1) is 0 Å². The van der Waals surface area contributed by atoms with Crippen LogP contribution < -0.4 is 9.80 Å². The van der Waals surface area contributed by atoms with Crippen molar-refractivity contribution >= 4 is 23.1 Å². The van der Waals surface area contributed by atoms with Gasteiger partial charge in [0.25, 0.3) is 5.91 Å². The van der Waals surface area contributed by atoms with Crippen molar-refractivity contribution < 1.29 is 23.5 Å². The second-order valence-corrected chi connectivity index (χ2v) is 8.22. The van der Waals surface area contributed by atoms with Gasteiger partial charge in [-0.1, -0.05) is 26.0 Å². The lowest BCUT2D eigenvalue weighted by Crippen LogP contribution is -2.32. The summed E-state index contributed by atoms with van der Waals surface area (Å²) in [6.45, 7) is 9.41. The van der Waals surface area contributed by atoms with Gasteiger partial charge in [0.2, 0.25) is 0 Å². The number of rotatable bonds is 8. The predicted octanol–water partition coefficient (Wildman–Crippen LogP) is 5.33. The summed E-state index contributed by atoms with van der Waals surface area (Å²) in [5, 5.41) is 10.6. The highest BCUT2D eigenvalue weighted by atomic mass is 19.1. The number of aliphatic hydroxyl groups is 1. The number of ketones is 1. The summed E-state index contributed by atoms with van der Waals surface area (Å²) in [6, 6.07) is 9.11. The summed E-state index contributed by atoms with van der Waals surface area (Å²) in [6.07, 6.45) is 0.125. The molecule has 1 N–H and O–H groups in total. The maximum Gasteiger partial charge on any atom is 0.294 e. The van der Waals surface area contributed by atoms with E-state index in [0.29, 0.717) is 11.6 Å². The Bertz CT molecular complexity index is 1040. The molecule has 7 heteroatoms. The molecule has 0 saturated heterocycles. The average Bonchev–Trinajstić information content (AvgIpc) is 3.00. The summed E-state index contributed by atoms with van der Waals surface area (Å²) >= 11 is 0. The molecule has 0 aliphatic carbocycles. The molecule has 0 fully saturated rings. The molecule has 1 amide bonds. The van der Waals surface area contributed by atoms with Crippen molar-refractivity contribution in [1.29, 1.82) is 0 Å². The number of aliphatic hydroxyl groups excluding tert-OH is 1. The molecule has 5 nitrogen and oxygen atoms in total. The van der Waals surface area contributed by atoms with Crippen molar-refractivity contribution in [2.75, 3.05) is 22.9 Å². The molecule has 0 bridgehead atoms. The molecule has 1 aliphatic heterocycles. The molecule has 3 rings (SSSR count). The van der Waals surface area contributed by atoms with Crippen LogP contribution in [0.3, 0.4) is 0 Å². The number of benzene rings is 2. The molecule has 2 aromatic rings. The monoisotopic (exact) mass is 442 g/mol. The third-order valence-corrected chi connectivity index (χ3v) is 5.61. The van der Waals surface area contributed by atoms with E-state index in [2.05, 4.69) is 4.90 Å². The fourth-order valence-corrected chi connectivity index (χ4v) is 4.07. The van der Waals surface area contributed by atoms with Crippen LogP contribution in [0.1, 0.15) is 45.7 Å². The Morgan fingerprint density at radius 3 is 2.25 bits per heavy atom. The van der Waals surface area contributed by atoms with Gasteiger partial charge in [0, 0.05) is 31.3 Å². The average molecular weight is 443 g/mol. The first-order valence-corrected chi connectivity index (χ1v) is 10.8. The largest absolute Gasteiger partial charge is 0.503 e. The molecule has 0 saturated carbocycles. The van der Waals surface area contributed by atoms with E-state index in [0.717, 1.165) is 35.8 Å². The fourth-order valence-electron chi connectivity index (χ4n) is 4.07. The smallest absolute Gasteiger partial charge is 0.294 e. The zero-order valence-corrected chi connectivity index (χ0v) is 18.7.